The van der Waals surface area contributed by atoms with Crippen LogP contribution in [0.4, 0.5) is 4.39 Å². The Bertz CT molecular complexity index is 346. The summed E-state index contributed by atoms with van der Waals surface area (Å²) in [4.78, 5) is 14.8. The number of nitrogens with zero attached hydrogens (tertiary/aromatic N) is 2. The molecule has 9 heteroatoms. The summed E-state index contributed by atoms with van der Waals surface area (Å²) in [5, 5.41) is 18.7. The second kappa shape index (κ2) is 7.79. The van der Waals surface area contributed by atoms with Gasteiger partial charge in [-0.15, -0.1) is 0 Å². The molecule has 1 amide bonds. The highest BCUT2D eigenvalue weighted by molar-refractivity contribution is 5.91. The number of carbonyl (C=O) groups excluding carboxylic acids is 1. The van der Waals surface area contributed by atoms with E-state index in [0.717, 1.165) is 19.4 Å². The van der Waals surface area contributed by atoms with E-state index in [0.29, 0.717) is 4.90 Å². The maximum atomic E-state index is 13.9. The van der Waals surface area contributed by atoms with Gasteiger partial charge in [0.2, 0.25) is 12.7 Å². The minimum Gasteiger partial charge on any atom is -0.392 e. The third-order valence-electron chi connectivity index (χ3n) is 2.47. The van der Waals surface area contributed by atoms with Gasteiger partial charge in [0.05, 0.1) is 6.61 Å². The number of aliphatic hydroxyl groups excluding tert-OH is 2. The highest BCUT2D eigenvalue weighted by Crippen LogP contribution is 2.16. The lowest BCUT2D eigenvalue weighted by Gasteiger charge is -2.34. The molecule has 0 aliphatic rings. The highest BCUT2D eigenvalue weighted by atomic mass is 19.1. The quantitative estimate of drug-likeness (QED) is 0.132. The lowest BCUT2D eigenvalue weighted by molar-refractivity contribution is -0.169. The van der Waals surface area contributed by atoms with Crippen LogP contribution in [0.25, 0.3) is 0 Å². The summed E-state index contributed by atoms with van der Waals surface area (Å²) < 4.78 is 18.6. The molecule has 0 aliphatic heterocycles. The fourth-order valence-corrected chi connectivity index (χ4v) is 1.09. The molecule has 0 aromatic carbocycles. The number of methoxy groups -OCH3 is 1. The Labute approximate surface area is 110 Å². The Morgan fingerprint density at radius 3 is 2.63 bits per heavy atom. The van der Waals surface area contributed by atoms with Crippen molar-refractivity contribution < 1.29 is 24.1 Å². The Hall–Kier alpha value is -1.55. The van der Waals surface area contributed by atoms with Gasteiger partial charge < -0.3 is 20.7 Å². The number of carbonyl (C=O) groups is 1. The minimum atomic E-state index is -2.23. The molecule has 0 bridgehead atoms. The van der Waals surface area contributed by atoms with E-state index in [1.165, 1.54) is 7.05 Å². The fraction of sp³-hybridized carbons (Fsp3) is 0.600. The van der Waals surface area contributed by atoms with Gasteiger partial charge in [-0.3, -0.25) is 20.4 Å². The van der Waals surface area contributed by atoms with Crippen LogP contribution in [0.1, 0.15) is 0 Å². The number of amides is 1. The van der Waals surface area contributed by atoms with Crippen molar-refractivity contribution in [3.8, 4) is 0 Å². The molecule has 0 spiro atoms. The number of hydrogen-bond acceptors (Lipinski definition) is 6. The molecule has 0 aromatic heterocycles. The number of rotatable bonds is 8. The lowest BCUT2D eigenvalue weighted by atomic mass is 10.1. The van der Waals surface area contributed by atoms with Crippen molar-refractivity contribution in [1.82, 2.24) is 4.90 Å². The number of hydrogen-bond donors (Lipinski definition) is 4. The van der Waals surface area contributed by atoms with Crippen LogP contribution < -0.4 is 11.5 Å². The van der Waals surface area contributed by atoms with Crippen LogP contribution in [0.5, 0.6) is 0 Å². The van der Waals surface area contributed by atoms with Gasteiger partial charge in [0.1, 0.15) is 11.9 Å². The first-order chi connectivity index (χ1) is 8.86. The standard InChI is InChI=1S/C10H19FN4O4/c1-14-7(12)3-4-15(6-17)9(11)8(18)10(13,5-16)19-2/h3-4,6,8-9,16,18H,5,13H2,1-2H3,(H2,12,14)/b4-3-. The molecule has 0 radical (unpaired) electrons. The van der Waals surface area contributed by atoms with E-state index in [1.54, 1.807) is 0 Å². The zero-order valence-corrected chi connectivity index (χ0v) is 10.7. The van der Waals surface area contributed by atoms with Gasteiger partial charge in [0.15, 0.2) is 5.72 Å². The predicted molar refractivity (Wildman–Crippen MR) is 66.5 cm³/mol. The summed E-state index contributed by atoms with van der Waals surface area (Å²) in [6.07, 6.45) is -1.91. The fourth-order valence-electron chi connectivity index (χ4n) is 1.09. The maximum Gasteiger partial charge on any atom is 0.216 e. The largest absolute Gasteiger partial charge is 0.392 e. The molecule has 0 heterocycles. The molecule has 0 aromatic rings. The van der Waals surface area contributed by atoms with Crippen molar-refractivity contribution in [3.05, 3.63) is 12.3 Å². The Morgan fingerprint density at radius 1 is 1.68 bits per heavy atom. The molecule has 0 aliphatic carbocycles. The van der Waals surface area contributed by atoms with Crippen LogP contribution in [-0.4, -0.2) is 66.2 Å². The SMILES string of the molecule is CN=C(N)/C=C\N(C=O)C(F)C(O)C(N)(CO)OC. The van der Waals surface area contributed by atoms with Crippen LogP contribution in [0.3, 0.4) is 0 Å². The average molecular weight is 278 g/mol. The van der Waals surface area contributed by atoms with Crippen LogP contribution in [0, 0.1) is 0 Å². The molecule has 0 rings (SSSR count). The van der Waals surface area contributed by atoms with Gasteiger partial charge in [0.25, 0.3) is 0 Å². The number of nitrogens with two attached hydrogens (primary N) is 2. The second-order valence-corrected chi connectivity index (χ2v) is 3.65. The monoisotopic (exact) mass is 278 g/mol. The lowest BCUT2D eigenvalue weighted by Crippen LogP contribution is -2.61. The molecule has 0 saturated heterocycles. The number of amidine groups is 1. The Morgan fingerprint density at radius 2 is 2.26 bits per heavy atom. The zero-order chi connectivity index (χ0) is 15.1. The smallest absolute Gasteiger partial charge is 0.216 e. The van der Waals surface area contributed by atoms with Crippen molar-refractivity contribution in [2.24, 2.45) is 16.5 Å². The molecule has 3 unspecified atom stereocenters. The molecule has 8 nitrogen and oxygen atoms in total. The average Bonchev–Trinajstić information content (AvgIpc) is 2.45. The van der Waals surface area contributed by atoms with Crippen molar-refractivity contribution in [1.29, 1.82) is 0 Å². The molecule has 6 N–H and O–H groups in total. The zero-order valence-electron chi connectivity index (χ0n) is 10.7. The number of aliphatic hydroxyl groups is 2. The summed E-state index contributed by atoms with van der Waals surface area (Å²) in [6, 6.07) is 0. The Balaban J connectivity index is 4.99. The van der Waals surface area contributed by atoms with Gasteiger partial charge in [0, 0.05) is 20.4 Å². The third-order valence-corrected chi connectivity index (χ3v) is 2.47. The van der Waals surface area contributed by atoms with Gasteiger partial charge in [-0.05, 0) is 6.08 Å². The first kappa shape index (κ1) is 17.4. The third kappa shape index (κ3) is 4.56. The maximum absolute atomic E-state index is 13.9. The molecule has 19 heavy (non-hydrogen) atoms. The summed E-state index contributed by atoms with van der Waals surface area (Å²) in [6.45, 7) is -0.833. The van der Waals surface area contributed by atoms with E-state index in [1.807, 2.05) is 0 Å². The first-order valence-corrected chi connectivity index (χ1v) is 5.26. The predicted octanol–water partition coefficient (Wildman–Crippen LogP) is -2.10. The molecule has 110 valence electrons. The van der Waals surface area contributed by atoms with Crippen LogP contribution >= 0.6 is 0 Å². The normalized spacial score (nSPS) is 18.9. The number of ether oxygens (including phenoxy) is 1. The number of aliphatic imine (C=N–C) groups is 1. The van der Waals surface area contributed by atoms with E-state index in [-0.39, 0.29) is 12.2 Å². The summed E-state index contributed by atoms with van der Waals surface area (Å²) in [5.74, 6) is 0.0569. The minimum absolute atomic E-state index is 0.0569. The molecule has 0 saturated carbocycles. The van der Waals surface area contributed by atoms with Crippen LogP contribution in [0.2, 0.25) is 0 Å². The molecule has 0 fully saturated rings. The Kier molecular flexibility index (Phi) is 7.16. The topological polar surface area (TPSA) is 134 Å². The molecular weight excluding hydrogens is 259 g/mol. The van der Waals surface area contributed by atoms with E-state index in [4.69, 9.17) is 16.6 Å². The summed E-state index contributed by atoms with van der Waals surface area (Å²) >= 11 is 0. The van der Waals surface area contributed by atoms with E-state index in [2.05, 4.69) is 9.73 Å². The van der Waals surface area contributed by atoms with Gasteiger partial charge in [-0.1, -0.05) is 0 Å². The number of halogens is 1. The van der Waals surface area contributed by atoms with Crippen molar-refractivity contribution in [2.75, 3.05) is 20.8 Å². The van der Waals surface area contributed by atoms with Crippen molar-refractivity contribution >= 4 is 12.2 Å². The van der Waals surface area contributed by atoms with Crippen LogP contribution in [0.15, 0.2) is 17.3 Å². The summed E-state index contributed by atoms with van der Waals surface area (Å²) in [7, 11) is 2.50. The summed E-state index contributed by atoms with van der Waals surface area (Å²) in [5.41, 5.74) is 8.75. The number of alkyl halides is 1. The van der Waals surface area contributed by atoms with Gasteiger partial charge in [-0.2, -0.15) is 0 Å². The van der Waals surface area contributed by atoms with E-state index in [9.17, 15) is 14.3 Å². The molecular formula is C10H19FN4O4. The van der Waals surface area contributed by atoms with Crippen molar-refractivity contribution in [3.63, 3.8) is 0 Å². The first-order valence-electron chi connectivity index (χ1n) is 5.26. The highest BCUT2D eigenvalue weighted by Gasteiger charge is 2.41. The van der Waals surface area contributed by atoms with E-state index >= 15 is 0 Å². The van der Waals surface area contributed by atoms with E-state index < -0.39 is 24.7 Å². The molecule has 3 atom stereocenters. The van der Waals surface area contributed by atoms with Crippen molar-refractivity contribution in [2.45, 2.75) is 18.1 Å². The van der Waals surface area contributed by atoms with Crippen LogP contribution in [-0.2, 0) is 9.53 Å². The van der Waals surface area contributed by atoms with Gasteiger partial charge >= 0.3 is 0 Å². The second-order valence-electron chi connectivity index (χ2n) is 3.65. The van der Waals surface area contributed by atoms with Gasteiger partial charge in [-0.25, -0.2) is 4.39 Å².